The summed E-state index contributed by atoms with van der Waals surface area (Å²) in [6.45, 7) is 8.10. The number of hydrogen-bond donors (Lipinski definition) is 1. The van der Waals surface area contributed by atoms with Crippen molar-refractivity contribution < 1.29 is 0 Å². The number of aryl methyl sites for hydroxylation is 1. The quantitative estimate of drug-likeness (QED) is 0.873. The molecule has 0 aliphatic carbocycles. The summed E-state index contributed by atoms with van der Waals surface area (Å²) < 4.78 is 5.11. The molecule has 19 heavy (non-hydrogen) atoms. The lowest BCUT2D eigenvalue weighted by molar-refractivity contribution is 0.749. The predicted octanol–water partition coefficient (Wildman–Crippen LogP) is 3.26. The third-order valence-corrected chi connectivity index (χ3v) is 4.50. The van der Waals surface area contributed by atoms with E-state index in [1.807, 2.05) is 20.9 Å². The van der Waals surface area contributed by atoms with Crippen LogP contribution in [-0.2, 0) is 0 Å². The fourth-order valence-corrected chi connectivity index (χ4v) is 3.17. The van der Waals surface area contributed by atoms with Crippen LogP contribution in [0.25, 0.3) is 0 Å². The third-order valence-electron chi connectivity index (χ3n) is 2.56. The van der Waals surface area contributed by atoms with Gasteiger partial charge in [0.05, 0.1) is 0 Å². The normalized spacial score (nSPS) is 11.1. The Hall–Kier alpha value is -1.21. The van der Waals surface area contributed by atoms with Crippen molar-refractivity contribution in [3.8, 4) is 0 Å². The van der Waals surface area contributed by atoms with Gasteiger partial charge in [-0.2, -0.15) is 4.37 Å². The van der Waals surface area contributed by atoms with Crippen molar-refractivity contribution in [2.24, 2.45) is 0 Å². The highest BCUT2D eigenvalue weighted by Gasteiger charge is 2.15. The third kappa shape index (κ3) is 3.22. The van der Waals surface area contributed by atoms with E-state index in [1.54, 1.807) is 11.8 Å². The molecule has 0 radical (unpaired) electrons. The number of hydrogen-bond acceptors (Lipinski definition) is 7. The van der Waals surface area contributed by atoms with Crippen molar-refractivity contribution in [3.05, 3.63) is 17.2 Å². The van der Waals surface area contributed by atoms with Crippen molar-refractivity contribution in [1.29, 1.82) is 0 Å². The Morgan fingerprint density at radius 2 is 1.89 bits per heavy atom. The lowest BCUT2D eigenvalue weighted by atomic mass is 10.2. The van der Waals surface area contributed by atoms with Gasteiger partial charge in [0.15, 0.2) is 4.34 Å². The summed E-state index contributed by atoms with van der Waals surface area (Å²) in [7, 11) is 1.88. The molecule has 0 aliphatic heterocycles. The molecule has 0 aromatic carbocycles. The van der Waals surface area contributed by atoms with Crippen LogP contribution in [0, 0.1) is 13.8 Å². The first kappa shape index (κ1) is 14.2. The molecule has 2 heterocycles. The molecule has 0 spiro atoms. The molecule has 2 aromatic rings. The highest BCUT2D eigenvalue weighted by Crippen LogP contribution is 2.33. The van der Waals surface area contributed by atoms with Gasteiger partial charge in [-0.05, 0) is 37.1 Å². The van der Waals surface area contributed by atoms with Crippen molar-refractivity contribution >= 4 is 29.1 Å². The summed E-state index contributed by atoms with van der Waals surface area (Å²) in [4.78, 5) is 13.5. The maximum atomic E-state index is 4.64. The summed E-state index contributed by atoms with van der Waals surface area (Å²) in [5.41, 5.74) is 1.05. The van der Waals surface area contributed by atoms with Gasteiger partial charge in [0.2, 0.25) is 0 Å². The molecule has 0 saturated carbocycles. The van der Waals surface area contributed by atoms with E-state index >= 15 is 0 Å². The molecular weight excluding hydrogens is 278 g/mol. The molecule has 0 saturated heterocycles. The maximum absolute atomic E-state index is 4.64. The SMILES string of the molecule is CNc1nc(C(C)C)nc(Sc2nc(C)ns2)c1C. The number of rotatable bonds is 4. The first-order chi connectivity index (χ1) is 9.01. The molecule has 102 valence electrons. The van der Waals surface area contributed by atoms with E-state index in [4.69, 9.17) is 0 Å². The Morgan fingerprint density at radius 3 is 2.42 bits per heavy atom. The van der Waals surface area contributed by atoms with E-state index in [9.17, 15) is 0 Å². The van der Waals surface area contributed by atoms with Crippen LogP contribution in [0.3, 0.4) is 0 Å². The van der Waals surface area contributed by atoms with Gasteiger partial charge in [0, 0.05) is 18.5 Å². The zero-order valence-electron chi connectivity index (χ0n) is 11.7. The van der Waals surface area contributed by atoms with Crippen LogP contribution in [0.1, 0.15) is 37.0 Å². The zero-order valence-corrected chi connectivity index (χ0v) is 13.3. The molecule has 1 N–H and O–H groups in total. The van der Waals surface area contributed by atoms with Gasteiger partial charge in [-0.15, -0.1) is 0 Å². The van der Waals surface area contributed by atoms with E-state index in [-0.39, 0.29) is 0 Å². The smallest absolute Gasteiger partial charge is 0.176 e. The average molecular weight is 295 g/mol. The average Bonchev–Trinajstić information content (AvgIpc) is 2.77. The van der Waals surface area contributed by atoms with Crippen LogP contribution in [-0.4, -0.2) is 26.4 Å². The van der Waals surface area contributed by atoms with Crippen LogP contribution in [0.5, 0.6) is 0 Å². The van der Waals surface area contributed by atoms with Crippen molar-refractivity contribution in [3.63, 3.8) is 0 Å². The van der Waals surface area contributed by atoms with Crippen LogP contribution in [0.15, 0.2) is 9.37 Å². The second-order valence-corrected chi connectivity index (χ2v) is 6.46. The molecule has 0 aliphatic rings. The first-order valence-electron chi connectivity index (χ1n) is 6.05. The van der Waals surface area contributed by atoms with Gasteiger partial charge in [-0.3, -0.25) is 0 Å². The molecule has 7 heteroatoms. The Kier molecular flexibility index (Phi) is 4.36. The van der Waals surface area contributed by atoms with Crippen molar-refractivity contribution in [2.75, 3.05) is 12.4 Å². The fourth-order valence-electron chi connectivity index (χ4n) is 1.52. The summed E-state index contributed by atoms with van der Waals surface area (Å²) >= 11 is 2.95. The second kappa shape index (κ2) is 5.83. The van der Waals surface area contributed by atoms with Crippen LogP contribution in [0.4, 0.5) is 5.82 Å². The van der Waals surface area contributed by atoms with E-state index in [1.165, 1.54) is 11.5 Å². The lowest BCUT2D eigenvalue weighted by Gasteiger charge is -2.12. The fraction of sp³-hybridized carbons (Fsp3) is 0.500. The number of aromatic nitrogens is 4. The van der Waals surface area contributed by atoms with E-state index in [0.29, 0.717) is 5.92 Å². The second-order valence-electron chi connectivity index (χ2n) is 4.47. The molecule has 5 nitrogen and oxygen atoms in total. The molecule has 0 atom stereocenters. The summed E-state index contributed by atoms with van der Waals surface area (Å²) in [5, 5.41) is 4.07. The molecule has 2 rings (SSSR count). The van der Waals surface area contributed by atoms with Crippen LogP contribution < -0.4 is 5.32 Å². The lowest BCUT2D eigenvalue weighted by Crippen LogP contribution is -2.06. The van der Waals surface area contributed by atoms with Crippen LogP contribution in [0.2, 0.25) is 0 Å². The van der Waals surface area contributed by atoms with Gasteiger partial charge in [-0.1, -0.05) is 13.8 Å². The molecule has 2 aromatic heterocycles. The number of nitrogens with one attached hydrogen (secondary N) is 1. The summed E-state index contributed by atoms with van der Waals surface area (Å²) in [5.74, 6) is 2.82. The summed E-state index contributed by atoms with van der Waals surface area (Å²) in [6, 6.07) is 0. The standard InChI is InChI=1S/C12H17N5S2/c1-6(2)9-15-10(13-5)7(3)11(16-9)18-12-14-8(4)17-19-12/h6H,1-5H3,(H,13,15,16). The highest BCUT2D eigenvalue weighted by atomic mass is 32.2. The Labute approximate surface area is 121 Å². The van der Waals surface area contributed by atoms with Crippen molar-refractivity contribution in [2.45, 2.75) is 43.0 Å². The molecule has 0 fully saturated rings. The highest BCUT2D eigenvalue weighted by molar-refractivity contribution is 8.00. The van der Waals surface area contributed by atoms with Gasteiger partial charge in [-0.25, -0.2) is 15.0 Å². The molecular formula is C12H17N5S2. The number of anilines is 1. The molecule has 0 amide bonds. The minimum absolute atomic E-state index is 0.295. The Morgan fingerprint density at radius 1 is 1.16 bits per heavy atom. The Balaban J connectivity index is 2.40. The van der Waals surface area contributed by atoms with Crippen molar-refractivity contribution in [1.82, 2.24) is 19.3 Å². The first-order valence-corrected chi connectivity index (χ1v) is 7.64. The largest absolute Gasteiger partial charge is 0.373 e. The van der Waals surface area contributed by atoms with Gasteiger partial charge < -0.3 is 5.32 Å². The Bertz CT molecular complexity index is 579. The van der Waals surface area contributed by atoms with Gasteiger partial charge in [0.1, 0.15) is 22.5 Å². The molecule has 0 unspecified atom stereocenters. The monoisotopic (exact) mass is 295 g/mol. The van der Waals surface area contributed by atoms with Gasteiger partial charge in [0.25, 0.3) is 0 Å². The van der Waals surface area contributed by atoms with E-state index in [0.717, 1.165) is 32.4 Å². The topological polar surface area (TPSA) is 63.6 Å². The van der Waals surface area contributed by atoms with E-state index < -0.39 is 0 Å². The van der Waals surface area contributed by atoms with Gasteiger partial charge >= 0.3 is 0 Å². The minimum Gasteiger partial charge on any atom is -0.373 e. The van der Waals surface area contributed by atoms with E-state index in [2.05, 4.69) is 38.5 Å². The summed E-state index contributed by atoms with van der Waals surface area (Å²) in [6.07, 6.45) is 0. The zero-order chi connectivity index (χ0) is 14.0. The maximum Gasteiger partial charge on any atom is 0.176 e. The minimum atomic E-state index is 0.295. The number of nitrogens with zero attached hydrogens (tertiary/aromatic N) is 4. The van der Waals surface area contributed by atoms with Crippen LogP contribution >= 0.6 is 23.3 Å². The predicted molar refractivity (Wildman–Crippen MR) is 79.2 cm³/mol. The molecule has 0 bridgehead atoms.